The van der Waals surface area contributed by atoms with Crippen LogP contribution < -0.4 is 5.32 Å². The lowest BCUT2D eigenvalue weighted by molar-refractivity contribution is 0.442. The minimum absolute atomic E-state index is 0.564. The lowest BCUT2D eigenvalue weighted by atomic mass is 9.89. The van der Waals surface area contributed by atoms with Gasteiger partial charge in [-0.15, -0.1) is 0 Å². The third kappa shape index (κ3) is 3.41. The van der Waals surface area contributed by atoms with Crippen LogP contribution in [0.1, 0.15) is 17.5 Å². The van der Waals surface area contributed by atoms with E-state index in [0.717, 1.165) is 23.9 Å². The van der Waals surface area contributed by atoms with Crippen LogP contribution in [-0.4, -0.2) is 12.6 Å². The molecule has 1 aliphatic heterocycles. The molecule has 1 aliphatic rings. The van der Waals surface area contributed by atoms with Crippen molar-refractivity contribution >= 4 is 11.6 Å². The van der Waals surface area contributed by atoms with Crippen LogP contribution in [0.2, 0.25) is 5.02 Å². The molecular weight excluding hydrogens is 266 g/mol. The van der Waals surface area contributed by atoms with Gasteiger partial charge in [-0.3, -0.25) is 0 Å². The highest BCUT2D eigenvalue weighted by Crippen LogP contribution is 2.24. The molecule has 0 aliphatic carbocycles. The molecular formula is C18H20ClN. The van der Waals surface area contributed by atoms with Gasteiger partial charge < -0.3 is 5.32 Å². The predicted molar refractivity (Wildman–Crippen MR) is 85.2 cm³/mol. The van der Waals surface area contributed by atoms with Crippen LogP contribution in [0.15, 0.2) is 54.6 Å². The molecule has 1 fully saturated rings. The molecule has 0 radical (unpaired) electrons. The second-order valence-corrected chi connectivity index (χ2v) is 6.07. The Bertz CT molecular complexity index is 552. The highest BCUT2D eigenvalue weighted by molar-refractivity contribution is 6.30. The molecule has 3 rings (SSSR count). The molecule has 104 valence electrons. The van der Waals surface area contributed by atoms with E-state index in [9.17, 15) is 0 Å². The van der Waals surface area contributed by atoms with Gasteiger partial charge in [-0.25, -0.2) is 0 Å². The van der Waals surface area contributed by atoms with E-state index in [1.165, 1.54) is 24.0 Å². The Morgan fingerprint density at radius 1 is 0.950 bits per heavy atom. The van der Waals surface area contributed by atoms with Crippen molar-refractivity contribution in [1.82, 2.24) is 5.32 Å². The molecule has 1 N–H and O–H groups in total. The summed E-state index contributed by atoms with van der Waals surface area (Å²) in [5.41, 5.74) is 2.77. The SMILES string of the molecule is Clc1cccc(CC2NCCC2Cc2ccccc2)c1. The quantitative estimate of drug-likeness (QED) is 0.892. The molecule has 2 aromatic carbocycles. The lowest BCUT2D eigenvalue weighted by Gasteiger charge is -2.20. The maximum Gasteiger partial charge on any atom is 0.0408 e. The van der Waals surface area contributed by atoms with Gasteiger partial charge in [0.25, 0.3) is 0 Å². The van der Waals surface area contributed by atoms with E-state index in [2.05, 4.69) is 47.8 Å². The number of nitrogens with one attached hydrogen (secondary N) is 1. The average Bonchev–Trinajstić information content (AvgIpc) is 2.87. The summed E-state index contributed by atoms with van der Waals surface area (Å²) in [7, 11) is 0. The van der Waals surface area contributed by atoms with Crippen LogP contribution in [0, 0.1) is 5.92 Å². The van der Waals surface area contributed by atoms with Crippen LogP contribution in [0.25, 0.3) is 0 Å². The Morgan fingerprint density at radius 2 is 1.75 bits per heavy atom. The van der Waals surface area contributed by atoms with Gasteiger partial charge in [-0.1, -0.05) is 54.1 Å². The monoisotopic (exact) mass is 285 g/mol. The fourth-order valence-corrected chi connectivity index (χ4v) is 3.35. The standard InChI is InChI=1S/C18H20ClN/c19-17-8-4-7-15(12-17)13-18-16(9-10-20-18)11-14-5-2-1-3-6-14/h1-8,12,16,18,20H,9-11,13H2. The smallest absolute Gasteiger partial charge is 0.0408 e. The van der Waals surface area contributed by atoms with Crippen molar-refractivity contribution in [3.05, 3.63) is 70.7 Å². The molecule has 1 heterocycles. The molecule has 2 aromatic rings. The van der Waals surface area contributed by atoms with Crippen LogP contribution >= 0.6 is 11.6 Å². The van der Waals surface area contributed by atoms with E-state index in [4.69, 9.17) is 11.6 Å². The molecule has 2 atom stereocenters. The Labute approximate surface area is 126 Å². The Balaban J connectivity index is 1.66. The molecule has 1 nitrogen and oxygen atoms in total. The van der Waals surface area contributed by atoms with Gasteiger partial charge >= 0.3 is 0 Å². The first-order valence-corrected chi connectivity index (χ1v) is 7.71. The van der Waals surface area contributed by atoms with Crippen molar-refractivity contribution < 1.29 is 0 Å². The van der Waals surface area contributed by atoms with E-state index in [-0.39, 0.29) is 0 Å². The van der Waals surface area contributed by atoms with Gasteiger partial charge in [-0.2, -0.15) is 0 Å². The molecule has 0 spiro atoms. The summed E-state index contributed by atoms with van der Waals surface area (Å²) in [5, 5.41) is 4.49. The first kappa shape index (κ1) is 13.7. The summed E-state index contributed by atoms with van der Waals surface area (Å²) in [6, 6.07) is 19.6. The van der Waals surface area contributed by atoms with Gasteiger partial charge in [0.15, 0.2) is 0 Å². The summed E-state index contributed by atoms with van der Waals surface area (Å²) >= 11 is 6.08. The third-order valence-corrected chi connectivity index (χ3v) is 4.41. The zero-order valence-electron chi connectivity index (χ0n) is 11.6. The molecule has 2 unspecified atom stereocenters. The molecule has 2 heteroatoms. The van der Waals surface area contributed by atoms with Crippen LogP contribution in [0.4, 0.5) is 0 Å². The van der Waals surface area contributed by atoms with Crippen molar-refractivity contribution in [1.29, 1.82) is 0 Å². The lowest BCUT2D eigenvalue weighted by Crippen LogP contribution is -2.30. The fourth-order valence-electron chi connectivity index (χ4n) is 3.14. The first-order chi connectivity index (χ1) is 9.81. The van der Waals surface area contributed by atoms with Crippen LogP contribution in [0.5, 0.6) is 0 Å². The fraction of sp³-hybridized carbons (Fsp3) is 0.333. The highest BCUT2D eigenvalue weighted by Gasteiger charge is 2.26. The number of halogens is 1. The summed E-state index contributed by atoms with van der Waals surface area (Å²) in [6.07, 6.45) is 3.50. The predicted octanol–water partition coefficient (Wildman–Crippen LogP) is 4.10. The van der Waals surface area contributed by atoms with Gasteiger partial charge in [0, 0.05) is 11.1 Å². The van der Waals surface area contributed by atoms with E-state index in [1.807, 2.05) is 12.1 Å². The zero-order chi connectivity index (χ0) is 13.8. The first-order valence-electron chi connectivity index (χ1n) is 7.33. The Kier molecular flexibility index (Phi) is 4.39. The molecule has 0 aromatic heterocycles. The van der Waals surface area contributed by atoms with Crippen molar-refractivity contribution in [3.63, 3.8) is 0 Å². The van der Waals surface area contributed by atoms with Crippen LogP contribution in [-0.2, 0) is 12.8 Å². The summed E-state index contributed by atoms with van der Waals surface area (Å²) in [5.74, 6) is 0.719. The maximum absolute atomic E-state index is 6.08. The summed E-state index contributed by atoms with van der Waals surface area (Å²) in [4.78, 5) is 0. The van der Waals surface area contributed by atoms with Crippen molar-refractivity contribution in [2.45, 2.75) is 25.3 Å². The van der Waals surface area contributed by atoms with Gasteiger partial charge in [0.1, 0.15) is 0 Å². The summed E-state index contributed by atoms with van der Waals surface area (Å²) < 4.78 is 0. The molecule has 20 heavy (non-hydrogen) atoms. The zero-order valence-corrected chi connectivity index (χ0v) is 12.3. The topological polar surface area (TPSA) is 12.0 Å². The van der Waals surface area contributed by atoms with Crippen molar-refractivity contribution in [2.24, 2.45) is 5.92 Å². The Hall–Kier alpha value is -1.31. The van der Waals surface area contributed by atoms with E-state index in [1.54, 1.807) is 0 Å². The van der Waals surface area contributed by atoms with Gasteiger partial charge in [-0.05, 0) is 55.0 Å². The number of hydrogen-bond donors (Lipinski definition) is 1. The second-order valence-electron chi connectivity index (χ2n) is 5.63. The Morgan fingerprint density at radius 3 is 2.55 bits per heavy atom. The highest BCUT2D eigenvalue weighted by atomic mass is 35.5. The minimum atomic E-state index is 0.564. The number of benzene rings is 2. The molecule has 0 amide bonds. The maximum atomic E-state index is 6.08. The van der Waals surface area contributed by atoms with E-state index >= 15 is 0 Å². The summed E-state index contributed by atoms with van der Waals surface area (Å²) in [6.45, 7) is 1.13. The van der Waals surface area contributed by atoms with Crippen molar-refractivity contribution in [3.8, 4) is 0 Å². The largest absolute Gasteiger partial charge is 0.313 e. The van der Waals surface area contributed by atoms with Crippen molar-refractivity contribution in [2.75, 3.05) is 6.54 Å². The second kappa shape index (κ2) is 6.43. The number of hydrogen-bond acceptors (Lipinski definition) is 1. The van der Waals surface area contributed by atoms with Crippen LogP contribution in [0.3, 0.4) is 0 Å². The molecule has 0 saturated carbocycles. The normalized spacial score (nSPS) is 22.1. The number of rotatable bonds is 4. The molecule has 1 saturated heterocycles. The van der Waals surface area contributed by atoms with E-state index in [0.29, 0.717) is 6.04 Å². The third-order valence-electron chi connectivity index (χ3n) is 4.18. The van der Waals surface area contributed by atoms with E-state index < -0.39 is 0 Å². The van der Waals surface area contributed by atoms with Gasteiger partial charge in [0.05, 0.1) is 0 Å². The average molecular weight is 286 g/mol. The van der Waals surface area contributed by atoms with Gasteiger partial charge in [0.2, 0.25) is 0 Å². The minimum Gasteiger partial charge on any atom is -0.313 e. The molecule has 0 bridgehead atoms.